The minimum absolute atomic E-state index is 0.0174. The molecule has 0 aliphatic heterocycles. The van der Waals surface area contributed by atoms with Crippen molar-refractivity contribution in [2.24, 2.45) is 0 Å². The predicted octanol–water partition coefficient (Wildman–Crippen LogP) is 0.712. The predicted molar refractivity (Wildman–Crippen MR) is 73.0 cm³/mol. The lowest BCUT2D eigenvalue weighted by Crippen LogP contribution is -2.13. The molecule has 2 aromatic heterocycles. The zero-order valence-electron chi connectivity index (χ0n) is 11.6. The Morgan fingerprint density at radius 1 is 1.29 bits per heavy atom. The molecule has 110 valence electrons. The van der Waals surface area contributed by atoms with Crippen LogP contribution in [0.4, 0.5) is 5.69 Å². The molecule has 0 unspecified atom stereocenters. The number of ether oxygens (including phenoxy) is 2. The minimum atomic E-state index is -0.421. The first-order valence-corrected chi connectivity index (χ1v) is 6.03. The fraction of sp³-hybridized carbons (Fsp3) is 0.231. The van der Waals surface area contributed by atoms with Crippen molar-refractivity contribution in [3.63, 3.8) is 0 Å². The Balaban J connectivity index is 2.00. The molecule has 0 spiro atoms. The maximum Gasteiger partial charge on any atom is 0.327 e. The molecule has 8 nitrogen and oxygen atoms in total. The van der Waals surface area contributed by atoms with Gasteiger partial charge in [-0.2, -0.15) is 5.10 Å². The summed E-state index contributed by atoms with van der Waals surface area (Å²) in [5, 5.41) is 6.60. The molecule has 1 N–H and O–H groups in total. The number of esters is 1. The van der Waals surface area contributed by atoms with Gasteiger partial charge >= 0.3 is 5.97 Å². The van der Waals surface area contributed by atoms with Crippen LogP contribution in [0.25, 0.3) is 0 Å². The first-order valence-electron chi connectivity index (χ1n) is 6.03. The van der Waals surface area contributed by atoms with E-state index in [9.17, 15) is 9.59 Å². The molecule has 0 bridgehead atoms. The lowest BCUT2D eigenvalue weighted by molar-refractivity contribution is -0.141. The second kappa shape index (κ2) is 6.51. The van der Waals surface area contributed by atoms with Gasteiger partial charge in [-0.1, -0.05) is 0 Å². The number of hydrogen-bond donors (Lipinski definition) is 1. The molecule has 0 aliphatic carbocycles. The molecular formula is C13H14N4O4. The van der Waals surface area contributed by atoms with Crippen LogP contribution in [0.5, 0.6) is 5.88 Å². The Bertz CT molecular complexity index is 636. The molecule has 0 aromatic carbocycles. The van der Waals surface area contributed by atoms with Gasteiger partial charge in [0.2, 0.25) is 5.88 Å². The monoisotopic (exact) mass is 290 g/mol. The van der Waals surface area contributed by atoms with Crippen LogP contribution in [0.15, 0.2) is 30.7 Å². The van der Waals surface area contributed by atoms with E-state index in [0.29, 0.717) is 17.1 Å². The molecule has 1 amide bonds. The van der Waals surface area contributed by atoms with Crippen molar-refractivity contribution in [2.75, 3.05) is 19.5 Å². The Kier molecular flexibility index (Phi) is 4.50. The van der Waals surface area contributed by atoms with E-state index >= 15 is 0 Å². The smallest absolute Gasteiger partial charge is 0.327 e. The van der Waals surface area contributed by atoms with Crippen molar-refractivity contribution in [1.29, 1.82) is 0 Å². The normalized spacial score (nSPS) is 10.0. The van der Waals surface area contributed by atoms with Gasteiger partial charge in [-0.25, -0.2) is 4.98 Å². The molecule has 0 radical (unpaired) electrons. The van der Waals surface area contributed by atoms with Gasteiger partial charge in [0.25, 0.3) is 5.91 Å². The van der Waals surface area contributed by atoms with Crippen LogP contribution in [0.2, 0.25) is 0 Å². The van der Waals surface area contributed by atoms with Crippen molar-refractivity contribution in [3.8, 4) is 5.88 Å². The maximum absolute atomic E-state index is 12.0. The van der Waals surface area contributed by atoms with E-state index in [4.69, 9.17) is 4.74 Å². The fourth-order valence-corrected chi connectivity index (χ4v) is 1.55. The largest absolute Gasteiger partial charge is 0.481 e. The number of nitrogens with zero attached hydrogens (tertiary/aromatic N) is 3. The van der Waals surface area contributed by atoms with Crippen LogP contribution < -0.4 is 10.1 Å². The highest BCUT2D eigenvalue weighted by Gasteiger charge is 2.09. The molecule has 2 rings (SSSR count). The van der Waals surface area contributed by atoms with Crippen LogP contribution in [-0.4, -0.2) is 40.9 Å². The molecule has 0 atom stereocenters. The summed E-state index contributed by atoms with van der Waals surface area (Å²) in [5.41, 5.74) is 0.858. The highest BCUT2D eigenvalue weighted by atomic mass is 16.5. The third kappa shape index (κ3) is 3.78. The summed E-state index contributed by atoms with van der Waals surface area (Å²) in [4.78, 5) is 27.0. The number of amides is 1. The van der Waals surface area contributed by atoms with Gasteiger partial charge in [0, 0.05) is 18.5 Å². The number of hydrogen-bond acceptors (Lipinski definition) is 6. The average Bonchev–Trinajstić information content (AvgIpc) is 2.94. The van der Waals surface area contributed by atoms with E-state index in [-0.39, 0.29) is 12.5 Å². The Hall–Kier alpha value is -2.90. The van der Waals surface area contributed by atoms with E-state index < -0.39 is 5.97 Å². The lowest BCUT2D eigenvalue weighted by atomic mass is 10.2. The number of nitrogens with one attached hydrogen (secondary N) is 1. The summed E-state index contributed by atoms with van der Waals surface area (Å²) >= 11 is 0. The summed E-state index contributed by atoms with van der Waals surface area (Å²) in [6.07, 6.45) is 4.39. The SMILES string of the molecule is COC(=O)Cn1cc(NC(=O)c2ccc(OC)nc2)cn1. The first-order chi connectivity index (χ1) is 10.1. The number of pyridine rings is 1. The Morgan fingerprint density at radius 3 is 2.71 bits per heavy atom. The zero-order valence-corrected chi connectivity index (χ0v) is 11.6. The zero-order chi connectivity index (χ0) is 15.2. The second-order valence-corrected chi connectivity index (χ2v) is 4.05. The van der Waals surface area contributed by atoms with Crippen LogP contribution >= 0.6 is 0 Å². The van der Waals surface area contributed by atoms with Crippen molar-refractivity contribution in [3.05, 3.63) is 36.3 Å². The third-order valence-electron chi connectivity index (χ3n) is 2.62. The molecule has 21 heavy (non-hydrogen) atoms. The molecule has 0 saturated carbocycles. The van der Waals surface area contributed by atoms with E-state index in [0.717, 1.165) is 0 Å². The van der Waals surface area contributed by atoms with E-state index in [1.807, 2.05) is 0 Å². The molecule has 0 fully saturated rings. The summed E-state index contributed by atoms with van der Waals surface area (Å²) in [5.74, 6) is -0.324. The van der Waals surface area contributed by atoms with Crippen LogP contribution in [-0.2, 0) is 16.1 Å². The maximum atomic E-state index is 12.0. The van der Waals surface area contributed by atoms with Gasteiger partial charge in [0.1, 0.15) is 6.54 Å². The standard InChI is InChI=1S/C13H14N4O4/c1-20-11-4-3-9(5-14-11)13(19)16-10-6-15-17(7-10)8-12(18)21-2/h3-7H,8H2,1-2H3,(H,16,19). The van der Waals surface area contributed by atoms with E-state index in [2.05, 4.69) is 20.1 Å². The molecule has 2 aromatic rings. The molecule has 0 saturated heterocycles. The second-order valence-electron chi connectivity index (χ2n) is 4.05. The molecule has 8 heteroatoms. The quantitative estimate of drug-likeness (QED) is 0.815. The topological polar surface area (TPSA) is 95.3 Å². The van der Waals surface area contributed by atoms with Crippen molar-refractivity contribution in [2.45, 2.75) is 6.54 Å². The van der Waals surface area contributed by atoms with Crippen molar-refractivity contribution < 1.29 is 19.1 Å². The minimum Gasteiger partial charge on any atom is -0.481 e. The van der Waals surface area contributed by atoms with Crippen LogP contribution in [0, 0.1) is 0 Å². The summed E-state index contributed by atoms with van der Waals surface area (Å²) in [7, 11) is 2.79. The van der Waals surface area contributed by atoms with Gasteiger partial charge in [-0.3, -0.25) is 14.3 Å². The van der Waals surface area contributed by atoms with Crippen molar-refractivity contribution in [1.82, 2.24) is 14.8 Å². The van der Waals surface area contributed by atoms with Gasteiger partial charge < -0.3 is 14.8 Å². The highest BCUT2D eigenvalue weighted by molar-refractivity contribution is 6.03. The summed E-state index contributed by atoms with van der Waals surface area (Å²) in [6, 6.07) is 3.19. The average molecular weight is 290 g/mol. The Labute approximate surface area is 120 Å². The Morgan fingerprint density at radius 2 is 2.10 bits per heavy atom. The summed E-state index contributed by atoms with van der Waals surface area (Å²) in [6.45, 7) is -0.0174. The lowest BCUT2D eigenvalue weighted by Gasteiger charge is -2.03. The van der Waals surface area contributed by atoms with Crippen molar-refractivity contribution >= 4 is 17.6 Å². The van der Waals surface area contributed by atoms with Crippen LogP contribution in [0.1, 0.15) is 10.4 Å². The van der Waals surface area contributed by atoms with Gasteiger partial charge in [0.05, 0.1) is 31.7 Å². The van der Waals surface area contributed by atoms with Gasteiger partial charge in [-0.05, 0) is 6.07 Å². The van der Waals surface area contributed by atoms with Gasteiger partial charge in [0.15, 0.2) is 0 Å². The molecule has 0 aliphatic rings. The number of aromatic nitrogens is 3. The fourth-order valence-electron chi connectivity index (χ4n) is 1.55. The number of carbonyl (C=O) groups is 2. The third-order valence-corrected chi connectivity index (χ3v) is 2.62. The number of rotatable bonds is 5. The van der Waals surface area contributed by atoms with E-state index in [1.165, 1.54) is 37.5 Å². The van der Waals surface area contributed by atoms with Gasteiger partial charge in [-0.15, -0.1) is 0 Å². The molecular weight excluding hydrogens is 276 g/mol. The molecule has 2 heterocycles. The number of methoxy groups -OCH3 is 2. The number of carbonyl (C=O) groups excluding carboxylic acids is 2. The first kappa shape index (κ1) is 14.5. The number of anilines is 1. The highest BCUT2D eigenvalue weighted by Crippen LogP contribution is 2.10. The van der Waals surface area contributed by atoms with E-state index in [1.54, 1.807) is 12.1 Å². The van der Waals surface area contributed by atoms with Crippen LogP contribution in [0.3, 0.4) is 0 Å². The summed E-state index contributed by atoms with van der Waals surface area (Å²) < 4.78 is 10.8.